The molecule has 9 nitrogen and oxygen atoms in total. The summed E-state index contributed by atoms with van der Waals surface area (Å²) in [6.07, 6.45) is 3.08. The highest BCUT2D eigenvalue weighted by molar-refractivity contribution is 14.0. The Hall–Kier alpha value is -2.21. The third kappa shape index (κ3) is 5.28. The van der Waals surface area contributed by atoms with E-state index in [2.05, 4.69) is 42.5 Å². The first-order chi connectivity index (χ1) is 14.2. The van der Waals surface area contributed by atoms with Crippen molar-refractivity contribution >= 4 is 35.8 Å². The molecule has 2 aliphatic rings. The van der Waals surface area contributed by atoms with Crippen molar-refractivity contribution in [1.82, 2.24) is 30.3 Å². The molecule has 162 valence electrons. The average molecular weight is 525 g/mol. The van der Waals surface area contributed by atoms with Crippen molar-refractivity contribution in [2.24, 2.45) is 4.99 Å². The van der Waals surface area contributed by atoms with E-state index in [0.29, 0.717) is 26.2 Å². The minimum absolute atomic E-state index is 0. The summed E-state index contributed by atoms with van der Waals surface area (Å²) in [7, 11) is 1.79. The van der Waals surface area contributed by atoms with Crippen LogP contribution < -0.4 is 5.32 Å². The number of H-pyrrole nitrogens is 1. The fourth-order valence-electron chi connectivity index (χ4n) is 3.80. The standard InChI is InChI=1S/C20H27N7O2.HI/c1-21-20(22-13-15-4-2-5-16(12-15)18-23-14-24-25-18)27-9-7-26(8-10-27)19(28)17-6-3-11-29-17;/h2,4-5,12,14,17H,3,6-11,13H2,1H3,(H,21,22)(H,23,24,25);1H. The van der Waals surface area contributed by atoms with Crippen LogP contribution in [0.15, 0.2) is 35.6 Å². The number of guanidine groups is 1. The quantitative estimate of drug-likeness (QED) is 0.357. The van der Waals surface area contributed by atoms with E-state index in [1.807, 2.05) is 17.0 Å². The smallest absolute Gasteiger partial charge is 0.251 e. The number of aromatic amines is 1. The molecule has 30 heavy (non-hydrogen) atoms. The van der Waals surface area contributed by atoms with Gasteiger partial charge < -0.3 is 19.9 Å². The highest BCUT2D eigenvalue weighted by Gasteiger charge is 2.30. The van der Waals surface area contributed by atoms with Crippen molar-refractivity contribution in [1.29, 1.82) is 0 Å². The number of aliphatic imine (C=N–C) groups is 1. The number of amides is 1. The molecule has 1 unspecified atom stereocenters. The molecule has 10 heteroatoms. The Morgan fingerprint density at radius 2 is 2.10 bits per heavy atom. The normalized spacial score (nSPS) is 19.5. The number of ether oxygens (including phenoxy) is 1. The van der Waals surface area contributed by atoms with Crippen LogP contribution in [0.3, 0.4) is 0 Å². The van der Waals surface area contributed by atoms with Crippen LogP contribution in [0.4, 0.5) is 0 Å². The third-order valence-corrected chi connectivity index (χ3v) is 5.37. The molecule has 2 aromatic rings. The highest BCUT2D eigenvalue weighted by Crippen LogP contribution is 2.17. The van der Waals surface area contributed by atoms with E-state index in [1.54, 1.807) is 7.05 Å². The first-order valence-corrected chi connectivity index (χ1v) is 10.1. The Bertz CT molecular complexity index is 845. The van der Waals surface area contributed by atoms with E-state index >= 15 is 0 Å². The summed E-state index contributed by atoms with van der Waals surface area (Å²) in [5.74, 6) is 1.73. The van der Waals surface area contributed by atoms with Gasteiger partial charge in [-0.1, -0.05) is 18.2 Å². The van der Waals surface area contributed by atoms with Crippen molar-refractivity contribution in [3.05, 3.63) is 36.2 Å². The molecule has 1 amide bonds. The van der Waals surface area contributed by atoms with Gasteiger partial charge >= 0.3 is 0 Å². The van der Waals surface area contributed by atoms with Crippen molar-refractivity contribution < 1.29 is 9.53 Å². The summed E-state index contributed by atoms with van der Waals surface area (Å²) in [6.45, 7) is 4.27. The van der Waals surface area contributed by atoms with Gasteiger partial charge in [0.15, 0.2) is 11.8 Å². The summed E-state index contributed by atoms with van der Waals surface area (Å²) >= 11 is 0. The molecular formula is C20H28IN7O2. The third-order valence-electron chi connectivity index (χ3n) is 5.37. The number of carbonyl (C=O) groups excluding carboxylic acids is 1. The second kappa shape index (κ2) is 10.7. The molecule has 0 radical (unpaired) electrons. The molecule has 0 bridgehead atoms. The second-order valence-corrected chi connectivity index (χ2v) is 7.25. The number of aromatic nitrogens is 3. The fourth-order valence-corrected chi connectivity index (χ4v) is 3.80. The molecule has 0 saturated carbocycles. The second-order valence-electron chi connectivity index (χ2n) is 7.25. The van der Waals surface area contributed by atoms with Crippen molar-refractivity contribution in [2.45, 2.75) is 25.5 Å². The number of nitrogens with zero attached hydrogens (tertiary/aromatic N) is 5. The summed E-state index contributed by atoms with van der Waals surface area (Å²) in [6, 6.07) is 8.16. The molecule has 1 atom stereocenters. The number of hydrogen-bond acceptors (Lipinski definition) is 5. The van der Waals surface area contributed by atoms with Crippen LogP contribution in [-0.2, 0) is 16.1 Å². The lowest BCUT2D eigenvalue weighted by Crippen LogP contribution is -2.55. The highest BCUT2D eigenvalue weighted by atomic mass is 127. The molecule has 0 spiro atoms. The maximum absolute atomic E-state index is 12.5. The molecule has 2 aliphatic heterocycles. The van der Waals surface area contributed by atoms with Gasteiger partial charge in [0, 0.05) is 51.9 Å². The topological polar surface area (TPSA) is 98.7 Å². The molecule has 2 saturated heterocycles. The molecular weight excluding hydrogens is 497 g/mol. The number of benzene rings is 1. The minimum Gasteiger partial charge on any atom is -0.368 e. The van der Waals surface area contributed by atoms with Crippen molar-refractivity contribution in [2.75, 3.05) is 39.8 Å². The predicted octanol–water partition coefficient (Wildman–Crippen LogP) is 1.49. The van der Waals surface area contributed by atoms with Gasteiger partial charge in [-0.2, -0.15) is 5.10 Å². The van der Waals surface area contributed by atoms with Crippen LogP contribution in [0.5, 0.6) is 0 Å². The van der Waals surface area contributed by atoms with Gasteiger partial charge in [0.2, 0.25) is 0 Å². The van der Waals surface area contributed by atoms with Gasteiger partial charge in [-0.3, -0.25) is 14.9 Å². The van der Waals surface area contributed by atoms with Crippen LogP contribution in [-0.4, -0.2) is 82.8 Å². The Morgan fingerprint density at radius 3 is 2.77 bits per heavy atom. The van der Waals surface area contributed by atoms with Crippen LogP contribution in [0.1, 0.15) is 18.4 Å². The molecule has 4 rings (SSSR count). The lowest BCUT2D eigenvalue weighted by atomic mass is 10.1. The lowest BCUT2D eigenvalue weighted by molar-refractivity contribution is -0.142. The molecule has 2 fully saturated rings. The summed E-state index contributed by atoms with van der Waals surface area (Å²) in [4.78, 5) is 25.2. The zero-order chi connectivity index (χ0) is 20.1. The monoisotopic (exact) mass is 525 g/mol. The van der Waals surface area contributed by atoms with E-state index in [4.69, 9.17) is 4.74 Å². The SMILES string of the molecule is CN=C(NCc1cccc(-c2ncn[nH]2)c1)N1CCN(C(=O)C2CCCO2)CC1.I. The van der Waals surface area contributed by atoms with Crippen molar-refractivity contribution in [3.8, 4) is 11.4 Å². The molecule has 1 aromatic heterocycles. The number of halogens is 1. The summed E-state index contributed by atoms with van der Waals surface area (Å²) in [5.41, 5.74) is 2.13. The zero-order valence-corrected chi connectivity index (χ0v) is 19.4. The van der Waals surface area contributed by atoms with Crippen LogP contribution in [0.2, 0.25) is 0 Å². The van der Waals surface area contributed by atoms with Crippen LogP contribution in [0.25, 0.3) is 11.4 Å². The van der Waals surface area contributed by atoms with Gasteiger partial charge in [0.05, 0.1) is 0 Å². The van der Waals surface area contributed by atoms with Gasteiger partial charge in [0.1, 0.15) is 12.4 Å². The van der Waals surface area contributed by atoms with Gasteiger partial charge in [-0.25, -0.2) is 4.98 Å². The molecule has 2 N–H and O–H groups in total. The maximum Gasteiger partial charge on any atom is 0.251 e. The minimum atomic E-state index is -0.240. The molecule has 1 aromatic carbocycles. The van der Waals surface area contributed by atoms with E-state index in [-0.39, 0.29) is 36.0 Å². The first-order valence-electron chi connectivity index (χ1n) is 10.1. The fraction of sp³-hybridized carbons (Fsp3) is 0.500. The lowest BCUT2D eigenvalue weighted by Gasteiger charge is -2.37. The Balaban J connectivity index is 0.00000256. The molecule has 3 heterocycles. The number of carbonyl (C=O) groups is 1. The molecule has 0 aliphatic carbocycles. The summed E-state index contributed by atoms with van der Waals surface area (Å²) in [5, 5.41) is 10.2. The Morgan fingerprint density at radius 1 is 1.30 bits per heavy atom. The van der Waals surface area contributed by atoms with E-state index in [0.717, 1.165) is 48.8 Å². The first kappa shape index (κ1) is 22.5. The van der Waals surface area contributed by atoms with E-state index in [9.17, 15) is 4.79 Å². The number of hydrogen-bond donors (Lipinski definition) is 2. The van der Waals surface area contributed by atoms with Crippen molar-refractivity contribution in [3.63, 3.8) is 0 Å². The van der Waals surface area contributed by atoms with E-state index in [1.165, 1.54) is 6.33 Å². The number of nitrogens with one attached hydrogen (secondary N) is 2. The van der Waals surface area contributed by atoms with Gasteiger partial charge in [-0.15, -0.1) is 24.0 Å². The number of rotatable bonds is 4. The van der Waals surface area contributed by atoms with Gasteiger partial charge in [-0.05, 0) is 24.5 Å². The van der Waals surface area contributed by atoms with Gasteiger partial charge in [0.25, 0.3) is 5.91 Å². The summed E-state index contributed by atoms with van der Waals surface area (Å²) < 4.78 is 5.54. The zero-order valence-electron chi connectivity index (χ0n) is 17.1. The number of piperazine rings is 1. The maximum atomic E-state index is 12.5. The predicted molar refractivity (Wildman–Crippen MR) is 125 cm³/mol. The Kier molecular flexibility index (Phi) is 8.02. The largest absolute Gasteiger partial charge is 0.368 e. The van der Waals surface area contributed by atoms with Crippen LogP contribution in [0, 0.1) is 0 Å². The average Bonchev–Trinajstić information content (AvgIpc) is 3.49. The van der Waals surface area contributed by atoms with E-state index < -0.39 is 0 Å². The Labute approximate surface area is 193 Å². The van der Waals surface area contributed by atoms with Crippen LogP contribution >= 0.6 is 24.0 Å².